The molecule has 1 aliphatic rings. The molecule has 0 bridgehead atoms. The number of aryl methyl sites for hydroxylation is 1. The molecule has 1 aliphatic heterocycles. The molecule has 0 radical (unpaired) electrons. The van der Waals surface area contributed by atoms with E-state index in [1.807, 2.05) is 23.1 Å². The molecule has 1 atom stereocenters. The first-order valence-electron chi connectivity index (χ1n) is 9.62. The summed E-state index contributed by atoms with van der Waals surface area (Å²) in [6.45, 7) is 1.67. The van der Waals surface area contributed by atoms with Gasteiger partial charge in [-0.15, -0.1) is 0 Å². The predicted molar refractivity (Wildman–Crippen MR) is 110 cm³/mol. The Morgan fingerprint density at radius 2 is 1.96 bits per heavy atom. The van der Waals surface area contributed by atoms with E-state index in [-0.39, 0.29) is 12.1 Å². The van der Waals surface area contributed by atoms with Crippen molar-refractivity contribution in [3.8, 4) is 0 Å². The summed E-state index contributed by atoms with van der Waals surface area (Å²) in [4.78, 5) is 18.6. The van der Waals surface area contributed by atoms with Crippen molar-refractivity contribution in [3.63, 3.8) is 0 Å². The van der Waals surface area contributed by atoms with Crippen LogP contribution < -0.4 is 5.32 Å². The number of nitrogens with one attached hydrogen (secondary N) is 1. The Morgan fingerprint density at radius 1 is 1.18 bits per heavy atom. The fourth-order valence-electron chi connectivity index (χ4n) is 3.89. The Kier molecular flexibility index (Phi) is 5.00. The number of aromatic nitrogens is 3. The summed E-state index contributed by atoms with van der Waals surface area (Å²) >= 11 is 0. The smallest absolute Gasteiger partial charge is 0.317 e. The number of nitrogens with zero attached hydrogens (tertiary/aromatic N) is 5. The number of anilines is 1. The van der Waals surface area contributed by atoms with Crippen LogP contribution in [0.15, 0.2) is 42.5 Å². The van der Waals surface area contributed by atoms with Crippen molar-refractivity contribution in [2.75, 3.05) is 26.0 Å². The van der Waals surface area contributed by atoms with Crippen LogP contribution in [0.3, 0.4) is 0 Å². The van der Waals surface area contributed by atoms with Crippen molar-refractivity contribution in [1.82, 2.24) is 24.8 Å². The number of carbonyl (C=O) groups excluding carboxylic acids is 1. The van der Waals surface area contributed by atoms with Gasteiger partial charge < -0.3 is 15.1 Å². The van der Waals surface area contributed by atoms with Gasteiger partial charge in [0.15, 0.2) is 0 Å². The topological polar surface area (TPSA) is 66.3 Å². The number of urea groups is 1. The molecule has 3 aromatic rings. The number of benzene rings is 2. The number of hydrogen-bond acceptors (Lipinski definition) is 4. The second kappa shape index (κ2) is 7.59. The van der Waals surface area contributed by atoms with Crippen LogP contribution in [0.2, 0.25) is 0 Å². The van der Waals surface area contributed by atoms with Gasteiger partial charge in [-0.25, -0.2) is 4.79 Å². The summed E-state index contributed by atoms with van der Waals surface area (Å²) in [7, 11) is 5.91. The minimum Gasteiger partial charge on any atom is -0.317 e. The second-order valence-corrected chi connectivity index (χ2v) is 7.62. The molecule has 4 rings (SSSR count). The lowest BCUT2D eigenvalue weighted by Gasteiger charge is -2.25. The lowest BCUT2D eigenvalue weighted by Crippen LogP contribution is -2.34. The van der Waals surface area contributed by atoms with Crippen LogP contribution in [0.1, 0.15) is 30.0 Å². The summed E-state index contributed by atoms with van der Waals surface area (Å²) in [6.07, 6.45) is 1.99. The Balaban J connectivity index is 1.52. The fraction of sp³-hybridized carbons (Fsp3) is 0.381. The van der Waals surface area contributed by atoms with Gasteiger partial charge in [-0.2, -0.15) is 15.0 Å². The van der Waals surface area contributed by atoms with Crippen LogP contribution in [0.5, 0.6) is 0 Å². The largest absolute Gasteiger partial charge is 0.322 e. The molecule has 0 unspecified atom stereocenters. The van der Waals surface area contributed by atoms with Crippen LogP contribution in [0, 0.1) is 0 Å². The van der Waals surface area contributed by atoms with Gasteiger partial charge in [0.25, 0.3) is 0 Å². The van der Waals surface area contributed by atoms with E-state index in [0.717, 1.165) is 31.4 Å². The maximum absolute atomic E-state index is 13.0. The second-order valence-electron chi connectivity index (χ2n) is 7.62. The summed E-state index contributed by atoms with van der Waals surface area (Å²) < 4.78 is 0. The third kappa shape index (κ3) is 3.71. The van der Waals surface area contributed by atoms with Crippen molar-refractivity contribution in [2.24, 2.45) is 7.05 Å². The van der Waals surface area contributed by atoms with Crippen molar-refractivity contribution >= 4 is 22.8 Å². The molecule has 2 aromatic carbocycles. The van der Waals surface area contributed by atoms with Gasteiger partial charge in [-0.3, -0.25) is 0 Å². The van der Waals surface area contributed by atoms with Gasteiger partial charge in [0.2, 0.25) is 0 Å². The molecule has 0 saturated carbocycles. The summed E-state index contributed by atoms with van der Waals surface area (Å²) in [5.74, 6) is 0. The molecule has 0 spiro atoms. The van der Waals surface area contributed by atoms with Crippen LogP contribution in [0.25, 0.3) is 11.0 Å². The molecule has 1 saturated heterocycles. The Labute approximate surface area is 164 Å². The van der Waals surface area contributed by atoms with E-state index in [1.54, 1.807) is 7.05 Å². The highest BCUT2D eigenvalue weighted by molar-refractivity contribution is 5.98. The van der Waals surface area contributed by atoms with E-state index in [4.69, 9.17) is 0 Å². The van der Waals surface area contributed by atoms with Crippen molar-refractivity contribution in [2.45, 2.75) is 25.4 Å². The zero-order valence-electron chi connectivity index (χ0n) is 16.6. The maximum atomic E-state index is 13.0. The first-order valence-corrected chi connectivity index (χ1v) is 9.62. The lowest BCUT2D eigenvalue weighted by atomic mass is 10.0. The predicted octanol–water partition coefficient (Wildman–Crippen LogP) is 3.40. The Bertz CT molecular complexity index is 978. The third-order valence-electron chi connectivity index (χ3n) is 5.13. The molecule has 28 heavy (non-hydrogen) atoms. The Hall–Kier alpha value is -2.93. The van der Waals surface area contributed by atoms with Gasteiger partial charge >= 0.3 is 6.03 Å². The number of likely N-dealkylation sites (tertiary alicyclic amines) is 1. The lowest BCUT2D eigenvalue weighted by molar-refractivity contribution is 0.207. The first-order chi connectivity index (χ1) is 13.5. The summed E-state index contributed by atoms with van der Waals surface area (Å²) in [6, 6.07) is 14.3. The fourth-order valence-corrected chi connectivity index (χ4v) is 3.89. The quantitative estimate of drug-likeness (QED) is 0.756. The molecule has 7 heteroatoms. The highest BCUT2D eigenvalue weighted by Gasteiger charge is 2.30. The Morgan fingerprint density at radius 3 is 2.71 bits per heavy atom. The monoisotopic (exact) mass is 378 g/mol. The molecule has 1 N–H and O–H groups in total. The molecular formula is C21H26N6O. The number of carbonyl (C=O) groups is 1. The molecule has 1 fully saturated rings. The van der Waals surface area contributed by atoms with E-state index < -0.39 is 0 Å². The van der Waals surface area contributed by atoms with Gasteiger partial charge in [0.05, 0.1) is 11.7 Å². The highest BCUT2D eigenvalue weighted by Crippen LogP contribution is 2.33. The van der Waals surface area contributed by atoms with Crippen LogP contribution in [-0.2, 0) is 13.6 Å². The van der Waals surface area contributed by atoms with Crippen LogP contribution in [0.4, 0.5) is 10.5 Å². The third-order valence-corrected chi connectivity index (χ3v) is 5.13. The normalized spacial score (nSPS) is 16.9. The van der Waals surface area contributed by atoms with Crippen LogP contribution >= 0.6 is 0 Å². The summed E-state index contributed by atoms with van der Waals surface area (Å²) in [5.41, 5.74) is 4.64. The number of rotatable bonds is 4. The van der Waals surface area contributed by atoms with Gasteiger partial charge in [-0.1, -0.05) is 30.3 Å². The zero-order valence-corrected chi connectivity index (χ0v) is 16.6. The number of fused-ring (bicyclic) bond motifs is 1. The minimum absolute atomic E-state index is 0.0852. The van der Waals surface area contributed by atoms with E-state index in [9.17, 15) is 4.79 Å². The summed E-state index contributed by atoms with van der Waals surface area (Å²) in [5, 5.41) is 11.7. The number of amides is 2. The van der Waals surface area contributed by atoms with Crippen molar-refractivity contribution in [1.29, 1.82) is 0 Å². The van der Waals surface area contributed by atoms with Gasteiger partial charge in [-0.05, 0) is 50.2 Å². The average Bonchev–Trinajstić information content (AvgIpc) is 3.28. The van der Waals surface area contributed by atoms with E-state index in [1.165, 1.54) is 15.9 Å². The molecule has 7 nitrogen and oxygen atoms in total. The average molecular weight is 378 g/mol. The first kappa shape index (κ1) is 18.4. The molecule has 1 aromatic heterocycles. The molecule has 2 heterocycles. The van der Waals surface area contributed by atoms with Crippen molar-refractivity contribution in [3.05, 3.63) is 53.6 Å². The molecule has 0 aliphatic carbocycles. The van der Waals surface area contributed by atoms with E-state index in [0.29, 0.717) is 11.2 Å². The maximum Gasteiger partial charge on any atom is 0.322 e. The molecular weight excluding hydrogens is 352 g/mol. The van der Waals surface area contributed by atoms with Crippen LogP contribution in [-0.4, -0.2) is 51.5 Å². The highest BCUT2D eigenvalue weighted by atomic mass is 16.2. The molecule has 2 amide bonds. The SMILES string of the molecule is CN(C)Cc1ccc([C@H]2CCCN2C(=O)Nc2cccc3nn(C)nc23)cc1. The zero-order chi connectivity index (χ0) is 19.7. The van der Waals surface area contributed by atoms with Gasteiger partial charge in [0.1, 0.15) is 11.0 Å². The van der Waals surface area contributed by atoms with Gasteiger partial charge in [0, 0.05) is 20.1 Å². The minimum atomic E-state index is -0.0852. The standard InChI is InChI=1S/C21H26N6O/c1-25(2)14-15-9-11-16(12-10-15)19-8-5-13-27(19)21(28)22-17-6-4-7-18-20(17)24-26(3)23-18/h4,6-7,9-12,19H,5,8,13-14H2,1-3H3,(H,22,28)/t19-/m1/s1. The van der Waals surface area contributed by atoms with E-state index in [2.05, 4.69) is 58.8 Å². The van der Waals surface area contributed by atoms with E-state index >= 15 is 0 Å². The van der Waals surface area contributed by atoms with Crippen molar-refractivity contribution < 1.29 is 4.79 Å². The number of hydrogen-bond donors (Lipinski definition) is 1. The molecule has 146 valence electrons.